The molecule has 4 aromatic heterocycles. The van der Waals surface area contributed by atoms with E-state index in [2.05, 4.69) is 40.1 Å². The van der Waals surface area contributed by atoms with Gasteiger partial charge in [-0.05, 0) is 32.9 Å². The largest absolute Gasteiger partial charge is 0.377 e. The average Bonchev–Trinajstić information content (AvgIpc) is 3.43. The van der Waals surface area contributed by atoms with Crippen LogP contribution in [0.4, 0.5) is 5.82 Å². The van der Waals surface area contributed by atoms with Gasteiger partial charge in [0.2, 0.25) is 0 Å². The number of hydrogen-bond donors (Lipinski definition) is 1. The van der Waals surface area contributed by atoms with Gasteiger partial charge in [0.05, 0.1) is 36.7 Å². The molecule has 0 spiro atoms. The molecule has 5 heterocycles. The Kier molecular flexibility index (Phi) is 4.13. The summed E-state index contributed by atoms with van der Waals surface area (Å²) in [5, 5.41) is 16.6. The van der Waals surface area contributed by atoms with Crippen LogP contribution >= 0.6 is 0 Å². The van der Waals surface area contributed by atoms with E-state index in [4.69, 9.17) is 14.8 Å². The maximum absolute atomic E-state index is 5.63. The summed E-state index contributed by atoms with van der Waals surface area (Å²) in [6.07, 6.45) is 3.64. The van der Waals surface area contributed by atoms with E-state index < -0.39 is 0 Å². The van der Waals surface area contributed by atoms with Crippen LogP contribution in [-0.4, -0.2) is 60.4 Å². The van der Waals surface area contributed by atoms with Gasteiger partial charge in [0.25, 0.3) is 0 Å². The van der Waals surface area contributed by atoms with Gasteiger partial charge >= 0.3 is 0 Å². The third-order valence-corrected chi connectivity index (χ3v) is 5.69. The fourth-order valence-corrected chi connectivity index (χ4v) is 3.98. The summed E-state index contributed by atoms with van der Waals surface area (Å²) < 4.78 is 9.46. The monoisotopic (exact) mass is 392 g/mol. The minimum atomic E-state index is 0.247. The van der Waals surface area contributed by atoms with Gasteiger partial charge < -0.3 is 9.64 Å². The average molecular weight is 392 g/mol. The molecule has 9 nitrogen and oxygen atoms in total. The highest BCUT2D eigenvalue weighted by molar-refractivity contribution is 5.86. The van der Waals surface area contributed by atoms with Crippen LogP contribution in [0, 0.1) is 13.8 Å². The minimum Gasteiger partial charge on any atom is -0.377 e. The van der Waals surface area contributed by atoms with Crippen molar-refractivity contribution in [2.24, 2.45) is 7.05 Å². The molecule has 0 amide bonds. The van der Waals surface area contributed by atoms with Gasteiger partial charge in [-0.15, -0.1) is 5.10 Å². The molecule has 0 bridgehead atoms. The fraction of sp³-hybridized carbons (Fsp3) is 0.400. The van der Waals surface area contributed by atoms with Crippen molar-refractivity contribution in [2.75, 3.05) is 24.7 Å². The minimum absolute atomic E-state index is 0.247. The number of imidazole rings is 1. The number of nitrogens with zero attached hydrogens (tertiary/aromatic N) is 7. The van der Waals surface area contributed by atoms with E-state index in [1.807, 2.05) is 35.4 Å². The first kappa shape index (κ1) is 17.9. The number of aromatic amines is 1. The second-order valence-electron chi connectivity index (χ2n) is 7.55. The number of fused-ring (bicyclic) bond motifs is 1. The third kappa shape index (κ3) is 2.80. The Morgan fingerprint density at radius 2 is 2.10 bits per heavy atom. The first-order valence-corrected chi connectivity index (χ1v) is 9.78. The van der Waals surface area contributed by atoms with Crippen molar-refractivity contribution in [1.82, 2.24) is 34.6 Å². The van der Waals surface area contributed by atoms with Crippen LogP contribution in [0.25, 0.3) is 28.2 Å². The molecule has 1 atom stereocenters. The van der Waals surface area contributed by atoms with Crippen LogP contribution in [-0.2, 0) is 11.8 Å². The molecule has 1 saturated heterocycles. The molecule has 1 fully saturated rings. The second kappa shape index (κ2) is 6.70. The van der Waals surface area contributed by atoms with Gasteiger partial charge in [-0.3, -0.25) is 9.78 Å². The van der Waals surface area contributed by atoms with Gasteiger partial charge in [-0.25, -0.2) is 9.50 Å². The number of H-pyrrole nitrogens is 1. The predicted molar refractivity (Wildman–Crippen MR) is 110 cm³/mol. The summed E-state index contributed by atoms with van der Waals surface area (Å²) in [5.74, 6) is 1.66. The smallest absolute Gasteiger partial charge is 0.179 e. The van der Waals surface area contributed by atoms with Crippen molar-refractivity contribution in [3.8, 4) is 22.6 Å². The number of ether oxygens (including phenoxy) is 1. The number of hydrogen-bond acceptors (Lipinski definition) is 6. The van der Waals surface area contributed by atoms with Gasteiger partial charge in [0.1, 0.15) is 5.69 Å². The fourth-order valence-electron chi connectivity index (χ4n) is 3.98. The molecule has 0 aliphatic carbocycles. The molecule has 29 heavy (non-hydrogen) atoms. The van der Waals surface area contributed by atoms with Gasteiger partial charge in [-0.1, -0.05) is 0 Å². The van der Waals surface area contributed by atoms with Crippen molar-refractivity contribution >= 4 is 11.3 Å². The number of anilines is 1. The Hall–Kier alpha value is -3.20. The zero-order valence-electron chi connectivity index (χ0n) is 17.0. The molecule has 0 aromatic carbocycles. The molecule has 0 unspecified atom stereocenters. The Morgan fingerprint density at radius 3 is 2.79 bits per heavy atom. The number of morpholine rings is 1. The van der Waals surface area contributed by atoms with Crippen LogP contribution in [0.2, 0.25) is 0 Å². The Morgan fingerprint density at radius 1 is 1.24 bits per heavy atom. The summed E-state index contributed by atoms with van der Waals surface area (Å²) >= 11 is 0. The summed E-state index contributed by atoms with van der Waals surface area (Å²) in [7, 11) is 1.96. The molecule has 4 aromatic rings. The van der Waals surface area contributed by atoms with Gasteiger partial charge in [-0.2, -0.15) is 10.2 Å². The highest BCUT2D eigenvalue weighted by atomic mass is 16.5. The zero-order chi connectivity index (χ0) is 20.1. The second-order valence-corrected chi connectivity index (χ2v) is 7.55. The summed E-state index contributed by atoms with van der Waals surface area (Å²) in [6, 6.07) is 4.32. The molecule has 1 N–H and O–H groups in total. The van der Waals surface area contributed by atoms with E-state index >= 15 is 0 Å². The molecule has 1 aliphatic heterocycles. The number of aryl methyl sites for hydroxylation is 2. The Balaban J connectivity index is 1.81. The number of rotatable bonds is 3. The van der Waals surface area contributed by atoms with Crippen molar-refractivity contribution < 1.29 is 4.74 Å². The maximum atomic E-state index is 5.63. The predicted octanol–water partition coefficient (Wildman–Crippen LogP) is 2.36. The molecule has 0 radical (unpaired) electrons. The topological polar surface area (TPSA) is 89.2 Å². The first-order chi connectivity index (χ1) is 14.0. The molecule has 1 aliphatic rings. The number of nitrogens with one attached hydrogen (secondary N) is 1. The normalized spacial score (nSPS) is 17.4. The maximum Gasteiger partial charge on any atom is 0.179 e. The van der Waals surface area contributed by atoms with Gasteiger partial charge in [0.15, 0.2) is 11.6 Å². The third-order valence-electron chi connectivity index (χ3n) is 5.69. The van der Waals surface area contributed by atoms with E-state index in [1.165, 1.54) is 0 Å². The van der Waals surface area contributed by atoms with Crippen molar-refractivity contribution in [3.63, 3.8) is 0 Å². The van der Waals surface area contributed by atoms with Crippen molar-refractivity contribution in [3.05, 3.63) is 35.9 Å². The van der Waals surface area contributed by atoms with Crippen LogP contribution in [0.1, 0.15) is 18.3 Å². The quantitative estimate of drug-likeness (QED) is 0.576. The zero-order valence-corrected chi connectivity index (χ0v) is 17.0. The number of aromatic nitrogens is 7. The van der Waals surface area contributed by atoms with Crippen molar-refractivity contribution in [1.29, 1.82) is 0 Å². The van der Waals surface area contributed by atoms with E-state index in [0.717, 1.165) is 51.9 Å². The summed E-state index contributed by atoms with van der Waals surface area (Å²) in [5.41, 5.74) is 6.00. The molecule has 5 rings (SSSR count). The lowest BCUT2D eigenvalue weighted by Crippen LogP contribution is -2.44. The standard InChI is InChI=1S/C20H24N8O/c1-12-11-29-8-7-27(12)18-9-15(16-10-22-26(4)14(16)3)19-13(2)23-20(28(19)25-18)17-5-6-21-24-17/h5-6,9-10,12H,7-8,11H2,1-4H3,(H,21,24)/t12-/m1/s1. The molecule has 9 heteroatoms. The Labute approximate surface area is 168 Å². The lowest BCUT2D eigenvalue weighted by atomic mass is 10.1. The van der Waals surface area contributed by atoms with E-state index in [0.29, 0.717) is 13.2 Å². The van der Waals surface area contributed by atoms with Crippen LogP contribution in [0.15, 0.2) is 24.5 Å². The van der Waals surface area contributed by atoms with E-state index in [-0.39, 0.29) is 6.04 Å². The summed E-state index contributed by atoms with van der Waals surface area (Å²) in [6.45, 7) is 8.45. The molecular formula is C20H24N8O. The van der Waals surface area contributed by atoms with Crippen molar-refractivity contribution in [2.45, 2.75) is 26.8 Å². The molecule has 0 saturated carbocycles. The lowest BCUT2D eigenvalue weighted by molar-refractivity contribution is 0.0984. The highest BCUT2D eigenvalue weighted by Gasteiger charge is 2.25. The lowest BCUT2D eigenvalue weighted by Gasteiger charge is -2.34. The summed E-state index contributed by atoms with van der Waals surface area (Å²) in [4.78, 5) is 7.11. The highest BCUT2D eigenvalue weighted by Crippen LogP contribution is 2.34. The SMILES string of the molecule is Cc1nc(-c2ccn[nH]2)n2nc(N3CCOC[C@H]3C)cc(-c3cnn(C)c3C)c12. The van der Waals surface area contributed by atoms with Crippen LogP contribution < -0.4 is 4.90 Å². The van der Waals surface area contributed by atoms with Crippen LogP contribution in [0.5, 0.6) is 0 Å². The first-order valence-electron chi connectivity index (χ1n) is 9.78. The van der Waals surface area contributed by atoms with Crippen LogP contribution in [0.3, 0.4) is 0 Å². The molecular weight excluding hydrogens is 368 g/mol. The van der Waals surface area contributed by atoms with E-state index in [1.54, 1.807) is 6.20 Å². The molecule has 150 valence electrons. The van der Waals surface area contributed by atoms with Gasteiger partial charge in [0, 0.05) is 36.6 Å². The van der Waals surface area contributed by atoms with E-state index in [9.17, 15) is 0 Å². The Bertz CT molecular complexity index is 1170.